The van der Waals surface area contributed by atoms with E-state index in [1.54, 1.807) is 11.3 Å². The number of thiazole rings is 1. The van der Waals surface area contributed by atoms with Crippen LogP contribution in [-0.4, -0.2) is 41.2 Å². The van der Waals surface area contributed by atoms with Crippen LogP contribution >= 0.6 is 11.3 Å². The molecule has 1 saturated heterocycles. The van der Waals surface area contributed by atoms with E-state index < -0.39 is 0 Å². The summed E-state index contributed by atoms with van der Waals surface area (Å²) >= 11 is 1.76. The van der Waals surface area contributed by atoms with E-state index in [2.05, 4.69) is 16.8 Å². The molecule has 0 radical (unpaired) electrons. The maximum atomic E-state index is 9.17. The fourth-order valence-corrected chi connectivity index (χ4v) is 3.10. The molecular formula is C12H20N2OS. The minimum atomic E-state index is 0.343. The van der Waals surface area contributed by atoms with Crippen LogP contribution < -0.4 is 0 Å². The SMILES string of the molecule is Cc1ncsc1CCN1CCCC(CO)C1. The standard InChI is InChI=1S/C12H20N2OS/c1-10-12(16-9-13-10)4-6-14-5-2-3-11(7-14)8-15/h9,11,15H,2-8H2,1H3. The van der Waals surface area contributed by atoms with Crippen molar-refractivity contribution in [3.05, 3.63) is 16.1 Å². The van der Waals surface area contributed by atoms with Gasteiger partial charge in [0.2, 0.25) is 0 Å². The van der Waals surface area contributed by atoms with E-state index >= 15 is 0 Å². The minimum absolute atomic E-state index is 0.343. The minimum Gasteiger partial charge on any atom is -0.396 e. The van der Waals surface area contributed by atoms with Crippen molar-refractivity contribution in [3.63, 3.8) is 0 Å². The molecule has 1 atom stereocenters. The second kappa shape index (κ2) is 5.75. The van der Waals surface area contributed by atoms with E-state index in [4.69, 9.17) is 0 Å². The van der Waals surface area contributed by atoms with Crippen LogP contribution in [0.25, 0.3) is 0 Å². The van der Waals surface area contributed by atoms with E-state index in [0.29, 0.717) is 12.5 Å². The van der Waals surface area contributed by atoms with Crippen molar-refractivity contribution in [2.75, 3.05) is 26.2 Å². The Balaban J connectivity index is 1.79. The van der Waals surface area contributed by atoms with Gasteiger partial charge >= 0.3 is 0 Å². The Morgan fingerprint density at radius 2 is 2.50 bits per heavy atom. The molecular weight excluding hydrogens is 220 g/mol. The highest BCUT2D eigenvalue weighted by Gasteiger charge is 2.18. The van der Waals surface area contributed by atoms with Crippen molar-refractivity contribution >= 4 is 11.3 Å². The van der Waals surface area contributed by atoms with Crippen LogP contribution in [0.3, 0.4) is 0 Å². The van der Waals surface area contributed by atoms with E-state index in [-0.39, 0.29) is 0 Å². The summed E-state index contributed by atoms with van der Waals surface area (Å²) in [4.78, 5) is 8.16. The molecule has 3 nitrogen and oxygen atoms in total. The van der Waals surface area contributed by atoms with Gasteiger partial charge in [0.05, 0.1) is 11.2 Å². The van der Waals surface area contributed by atoms with Gasteiger partial charge < -0.3 is 10.0 Å². The number of likely N-dealkylation sites (tertiary alicyclic amines) is 1. The van der Waals surface area contributed by atoms with Crippen LogP contribution in [0.4, 0.5) is 0 Å². The summed E-state index contributed by atoms with van der Waals surface area (Å²) < 4.78 is 0. The highest BCUT2D eigenvalue weighted by atomic mass is 32.1. The quantitative estimate of drug-likeness (QED) is 0.870. The third-order valence-electron chi connectivity index (χ3n) is 3.36. The van der Waals surface area contributed by atoms with Crippen molar-refractivity contribution in [1.29, 1.82) is 0 Å². The Morgan fingerprint density at radius 1 is 1.62 bits per heavy atom. The normalized spacial score (nSPS) is 22.5. The zero-order valence-electron chi connectivity index (χ0n) is 9.85. The molecule has 16 heavy (non-hydrogen) atoms. The molecule has 1 unspecified atom stereocenters. The lowest BCUT2D eigenvalue weighted by Gasteiger charge is -2.31. The molecule has 90 valence electrons. The van der Waals surface area contributed by atoms with Crippen LogP contribution in [0, 0.1) is 12.8 Å². The maximum Gasteiger partial charge on any atom is 0.0797 e. The van der Waals surface area contributed by atoms with E-state index in [0.717, 1.165) is 19.5 Å². The van der Waals surface area contributed by atoms with Crippen molar-refractivity contribution in [3.8, 4) is 0 Å². The molecule has 0 bridgehead atoms. The topological polar surface area (TPSA) is 36.4 Å². The van der Waals surface area contributed by atoms with Crippen LogP contribution in [0.2, 0.25) is 0 Å². The second-order valence-electron chi connectivity index (χ2n) is 4.60. The highest BCUT2D eigenvalue weighted by molar-refractivity contribution is 7.09. The number of rotatable bonds is 4. The molecule has 0 aromatic carbocycles. The first kappa shape index (κ1) is 12.0. The maximum absolute atomic E-state index is 9.17. The summed E-state index contributed by atoms with van der Waals surface area (Å²) in [5.41, 5.74) is 3.11. The summed E-state index contributed by atoms with van der Waals surface area (Å²) in [6.07, 6.45) is 3.52. The molecule has 0 amide bonds. The van der Waals surface area contributed by atoms with Crippen molar-refractivity contribution in [1.82, 2.24) is 9.88 Å². The summed E-state index contributed by atoms with van der Waals surface area (Å²) in [5, 5.41) is 9.17. The molecule has 1 aromatic heterocycles. The average molecular weight is 240 g/mol. The van der Waals surface area contributed by atoms with Gasteiger partial charge in [-0.2, -0.15) is 0 Å². The molecule has 1 N–H and O–H groups in total. The van der Waals surface area contributed by atoms with Gasteiger partial charge in [-0.15, -0.1) is 11.3 Å². The van der Waals surface area contributed by atoms with Gasteiger partial charge in [0.15, 0.2) is 0 Å². The predicted molar refractivity (Wildman–Crippen MR) is 66.8 cm³/mol. The first-order valence-electron chi connectivity index (χ1n) is 6.01. The molecule has 4 heteroatoms. The van der Waals surface area contributed by atoms with Gasteiger partial charge in [0, 0.05) is 24.6 Å². The lowest BCUT2D eigenvalue weighted by molar-refractivity contribution is 0.121. The van der Waals surface area contributed by atoms with Gasteiger partial charge in [0.25, 0.3) is 0 Å². The monoisotopic (exact) mass is 240 g/mol. The Bertz CT molecular complexity index is 327. The number of hydrogen-bond acceptors (Lipinski definition) is 4. The Kier molecular flexibility index (Phi) is 4.32. The van der Waals surface area contributed by atoms with Crippen molar-refractivity contribution < 1.29 is 5.11 Å². The summed E-state index contributed by atoms with van der Waals surface area (Å²) in [6, 6.07) is 0. The highest BCUT2D eigenvalue weighted by Crippen LogP contribution is 2.18. The number of aryl methyl sites for hydroxylation is 1. The molecule has 2 heterocycles. The molecule has 2 rings (SSSR count). The smallest absolute Gasteiger partial charge is 0.0797 e. The molecule has 1 fully saturated rings. The van der Waals surface area contributed by atoms with Crippen LogP contribution in [-0.2, 0) is 6.42 Å². The predicted octanol–water partition coefficient (Wildman–Crippen LogP) is 1.70. The van der Waals surface area contributed by atoms with Crippen molar-refractivity contribution in [2.24, 2.45) is 5.92 Å². The molecule has 1 aliphatic rings. The third-order valence-corrected chi connectivity index (χ3v) is 4.36. The molecule has 0 saturated carbocycles. The molecule has 0 aliphatic carbocycles. The van der Waals surface area contributed by atoms with Gasteiger partial charge in [-0.1, -0.05) is 0 Å². The summed E-state index contributed by atoms with van der Waals surface area (Å²) in [5.74, 6) is 0.497. The zero-order chi connectivity index (χ0) is 11.4. The number of aliphatic hydroxyl groups excluding tert-OH is 1. The van der Waals surface area contributed by atoms with E-state index in [1.807, 2.05) is 5.51 Å². The summed E-state index contributed by atoms with van der Waals surface area (Å²) in [6.45, 7) is 5.79. The largest absolute Gasteiger partial charge is 0.396 e. The number of aliphatic hydroxyl groups is 1. The van der Waals surface area contributed by atoms with Crippen LogP contribution in [0.5, 0.6) is 0 Å². The Morgan fingerprint density at radius 3 is 3.19 bits per heavy atom. The van der Waals surface area contributed by atoms with Crippen molar-refractivity contribution in [2.45, 2.75) is 26.2 Å². The Hall–Kier alpha value is -0.450. The lowest BCUT2D eigenvalue weighted by atomic mass is 9.99. The first-order chi connectivity index (χ1) is 7.79. The number of aromatic nitrogens is 1. The number of piperidine rings is 1. The second-order valence-corrected chi connectivity index (χ2v) is 5.54. The lowest BCUT2D eigenvalue weighted by Crippen LogP contribution is -2.37. The van der Waals surface area contributed by atoms with Gasteiger partial charge in [-0.3, -0.25) is 0 Å². The van der Waals surface area contributed by atoms with Gasteiger partial charge in [-0.25, -0.2) is 4.98 Å². The third kappa shape index (κ3) is 3.03. The Labute approximate surface area is 101 Å². The molecule has 1 aliphatic heterocycles. The zero-order valence-corrected chi connectivity index (χ0v) is 10.7. The fourth-order valence-electron chi connectivity index (χ4n) is 2.33. The van der Waals surface area contributed by atoms with Crippen LogP contribution in [0.15, 0.2) is 5.51 Å². The van der Waals surface area contributed by atoms with Crippen LogP contribution in [0.1, 0.15) is 23.4 Å². The fraction of sp³-hybridized carbons (Fsp3) is 0.750. The first-order valence-corrected chi connectivity index (χ1v) is 6.89. The van der Waals surface area contributed by atoms with Gasteiger partial charge in [0.1, 0.15) is 0 Å². The number of hydrogen-bond donors (Lipinski definition) is 1. The summed E-state index contributed by atoms with van der Waals surface area (Å²) in [7, 11) is 0. The average Bonchev–Trinajstić information content (AvgIpc) is 2.72. The van der Waals surface area contributed by atoms with E-state index in [1.165, 1.54) is 30.0 Å². The van der Waals surface area contributed by atoms with Gasteiger partial charge in [-0.05, 0) is 38.6 Å². The van der Waals surface area contributed by atoms with E-state index in [9.17, 15) is 5.11 Å². The number of nitrogens with zero attached hydrogens (tertiary/aromatic N) is 2. The molecule has 1 aromatic rings. The molecule has 0 spiro atoms.